The Morgan fingerprint density at radius 1 is 1.60 bits per heavy atom. The molecule has 1 saturated carbocycles. The summed E-state index contributed by atoms with van der Waals surface area (Å²) in [5.74, 6) is 0.0855. The predicted octanol–water partition coefficient (Wildman–Crippen LogP) is 2.13. The first-order valence-electron chi connectivity index (χ1n) is 5.07. The van der Waals surface area contributed by atoms with Crippen molar-refractivity contribution in [3.63, 3.8) is 0 Å². The second-order valence-electron chi connectivity index (χ2n) is 4.41. The van der Waals surface area contributed by atoms with Crippen LogP contribution >= 0.6 is 11.6 Å². The lowest BCUT2D eigenvalue weighted by Gasteiger charge is -2.14. The lowest BCUT2D eigenvalue weighted by Crippen LogP contribution is -2.28. The third-order valence-electron chi connectivity index (χ3n) is 3.41. The highest BCUT2D eigenvalue weighted by Crippen LogP contribution is 2.56. The quantitative estimate of drug-likeness (QED) is 0.630. The van der Waals surface area contributed by atoms with Crippen LogP contribution in [0.2, 0.25) is 5.15 Å². The highest BCUT2D eigenvalue weighted by atomic mass is 35.5. The van der Waals surface area contributed by atoms with Gasteiger partial charge < -0.3 is 4.90 Å². The van der Waals surface area contributed by atoms with Crippen LogP contribution in [0.5, 0.6) is 0 Å². The summed E-state index contributed by atoms with van der Waals surface area (Å²) >= 11 is 5.86. The minimum absolute atomic E-state index is 0.0855. The number of amides is 1. The van der Waals surface area contributed by atoms with Gasteiger partial charge in [-0.25, -0.2) is 4.98 Å². The summed E-state index contributed by atoms with van der Waals surface area (Å²) in [5.41, 5.74) is 2.36. The molecule has 0 radical (unpaired) electrons. The Labute approximate surface area is 93.1 Å². The first-order chi connectivity index (χ1) is 7.12. The van der Waals surface area contributed by atoms with Crippen LogP contribution in [0.4, 0.5) is 5.69 Å². The Morgan fingerprint density at radius 3 is 2.93 bits per heavy atom. The zero-order valence-electron chi connectivity index (χ0n) is 8.46. The van der Waals surface area contributed by atoms with Crippen LogP contribution in [-0.4, -0.2) is 17.4 Å². The number of pyridine rings is 1. The van der Waals surface area contributed by atoms with E-state index >= 15 is 0 Å². The second kappa shape index (κ2) is 2.73. The number of rotatable bonds is 0. The highest BCUT2D eigenvalue weighted by Gasteiger charge is 2.52. The molecule has 2 heterocycles. The summed E-state index contributed by atoms with van der Waals surface area (Å²) in [4.78, 5) is 17.4. The molecule has 1 spiro atoms. The number of carbonyl (C=O) groups is 1. The molecule has 0 unspecified atom stereocenters. The smallest absolute Gasteiger partial charge is 0.223 e. The fourth-order valence-corrected chi connectivity index (χ4v) is 2.54. The van der Waals surface area contributed by atoms with E-state index in [1.54, 1.807) is 13.0 Å². The molecule has 4 heteroatoms. The predicted molar refractivity (Wildman–Crippen MR) is 58.2 cm³/mol. The van der Waals surface area contributed by atoms with Crippen molar-refractivity contribution < 1.29 is 4.79 Å². The molecule has 0 atom stereocenters. The van der Waals surface area contributed by atoms with Gasteiger partial charge in [0.1, 0.15) is 5.15 Å². The van der Waals surface area contributed by atoms with Crippen LogP contribution in [0.25, 0.3) is 0 Å². The number of carbonyl (C=O) groups excluding carboxylic acids is 1. The van der Waals surface area contributed by atoms with Gasteiger partial charge in [0.25, 0.3) is 0 Å². The van der Waals surface area contributed by atoms with E-state index in [4.69, 9.17) is 11.6 Å². The van der Waals surface area contributed by atoms with E-state index in [9.17, 15) is 4.79 Å². The summed E-state index contributed by atoms with van der Waals surface area (Å²) in [6.07, 6.45) is 4.15. The molecule has 2 aliphatic rings. The fourth-order valence-electron chi connectivity index (χ4n) is 2.38. The minimum Gasteiger partial charge on any atom is -0.311 e. The largest absolute Gasteiger partial charge is 0.311 e. The van der Waals surface area contributed by atoms with E-state index in [0.717, 1.165) is 25.1 Å². The topological polar surface area (TPSA) is 33.2 Å². The lowest BCUT2D eigenvalue weighted by molar-refractivity contribution is -0.116. The van der Waals surface area contributed by atoms with Crippen molar-refractivity contribution in [2.75, 3.05) is 11.4 Å². The molecule has 1 fully saturated rings. The molecule has 3 rings (SSSR count). The third kappa shape index (κ3) is 1.19. The first-order valence-corrected chi connectivity index (χ1v) is 5.44. The van der Waals surface area contributed by atoms with E-state index in [1.807, 2.05) is 11.1 Å². The van der Waals surface area contributed by atoms with Crippen molar-refractivity contribution in [3.8, 4) is 0 Å². The molecular weight excluding hydrogens is 212 g/mol. The first kappa shape index (κ1) is 9.16. The molecule has 0 saturated heterocycles. The molecular formula is C11H11ClN2O. The van der Waals surface area contributed by atoms with E-state index in [1.165, 1.54) is 5.56 Å². The molecule has 1 aromatic rings. The summed E-state index contributed by atoms with van der Waals surface area (Å²) in [7, 11) is 0. The van der Waals surface area contributed by atoms with E-state index in [2.05, 4.69) is 4.98 Å². The Kier molecular flexibility index (Phi) is 1.67. The van der Waals surface area contributed by atoms with Gasteiger partial charge in [-0.05, 0) is 18.9 Å². The molecule has 3 nitrogen and oxygen atoms in total. The summed E-state index contributed by atoms with van der Waals surface area (Å²) in [5, 5.41) is 0.456. The number of halogens is 1. The molecule has 1 aliphatic heterocycles. The van der Waals surface area contributed by atoms with Gasteiger partial charge in [0, 0.05) is 30.6 Å². The SMILES string of the molecule is CC(=O)N1CC2(CC2)c2cnc(Cl)cc21. The van der Waals surface area contributed by atoms with Crippen LogP contribution in [0, 0.1) is 0 Å². The van der Waals surface area contributed by atoms with Gasteiger partial charge in [-0.2, -0.15) is 0 Å². The number of hydrogen-bond donors (Lipinski definition) is 0. The van der Waals surface area contributed by atoms with Crippen molar-refractivity contribution >= 4 is 23.2 Å². The number of aromatic nitrogens is 1. The van der Waals surface area contributed by atoms with Crippen molar-refractivity contribution in [2.45, 2.75) is 25.2 Å². The van der Waals surface area contributed by atoms with E-state index in [-0.39, 0.29) is 11.3 Å². The standard InChI is InChI=1S/C11H11ClN2O/c1-7(15)14-6-11(2-3-11)8-5-13-10(12)4-9(8)14/h4-5H,2-3,6H2,1H3. The zero-order chi connectivity index (χ0) is 10.6. The Hall–Kier alpha value is -1.09. The molecule has 1 aliphatic carbocycles. The summed E-state index contributed by atoms with van der Waals surface area (Å²) in [6.45, 7) is 2.40. The molecule has 0 bridgehead atoms. The molecule has 0 N–H and O–H groups in total. The average Bonchev–Trinajstić information content (AvgIpc) is 2.86. The monoisotopic (exact) mass is 222 g/mol. The van der Waals surface area contributed by atoms with Gasteiger partial charge in [-0.3, -0.25) is 4.79 Å². The number of nitrogens with zero attached hydrogens (tertiary/aromatic N) is 2. The van der Waals surface area contributed by atoms with Crippen molar-refractivity contribution in [1.29, 1.82) is 0 Å². The number of hydrogen-bond acceptors (Lipinski definition) is 2. The highest BCUT2D eigenvalue weighted by molar-refractivity contribution is 6.29. The van der Waals surface area contributed by atoms with Gasteiger partial charge in [-0.15, -0.1) is 0 Å². The number of anilines is 1. The Balaban J connectivity index is 2.16. The third-order valence-corrected chi connectivity index (χ3v) is 3.61. The van der Waals surface area contributed by atoms with Gasteiger partial charge in [0.15, 0.2) is 0 Å². The van der Waals surface area contributed by atoms with E-state index in [0.29, 0.717) is 5.15 Å². The maximum absolute atomic E-state index is 11.5. The summed E-state index contributed by atoms with van der Waals surface area (Å²) in [6, 6.07) is 1.80. The average molecular weight is 223 g/mol. The maximum atomic E-state index is 11.5. The van der Waals surface area contributed by atoms with Gasteiger partial charge >= 0.3 is 0 Å². The lowest BCUT2D eigenvalue weighted by atomic mass is 10.0. The Morgan fingerprint density at radius 2 is 2.33 bits per heavy atom. The molecule has 78 valence electrons. The van der Waals surface area contributed by atoms with Gasteiger partial charge in [-0.1, -0.05) is 11.6 Å². The Bertz CT molecular complexity index is 454. The minimum atomic E-state index is 0.0855. The fraction of sp³-hybridized carbons (Fsp3) is 0.455. The molecule has 1 aromatic heterocycles. The van der Waals surface area contributed by atoms with Crippen molar-refractivity contribution in [2.24, 2.45) is 0 Å². The van der Waals surface area contributed by atoms with Crippen LogP contribution in [0.15, 0.2) is 12.3 Å². The maximum Gasteiger partial charge on any atom is 0.223 e. The normalized spacial score (nSPS) is 20.5. The van der Waals surface area contributed by atoms with Crippen LogP contribution in [0.3, 0.4) is 0 Å². The van der Waals surface area contributed by atoms with Crippen LogP contribution in [-0.2, 0) is 10.2 Å². The van der Waals surface area contributed by atoms with Gasteiger partial charge in [0.2, 0.25) is 5.91 Å². The van der Waals surface area contributed by atoms with Crippen LogP contribution in [0.1, 0.15) is 25.3 Å². The van der Waals surface area contributed by atoms with Gasteiger partial charge in [0.05, 0.1) is 5.69 Å². The molecule has 1 amide bonds. The zero-order valence-corrected chi connectivity index (χ0v) is 9.21. The number of fused-ring (bicyclic) bond motifs is 2. The summed E-state index contributed by atoms with van der Waals surface area (Å²) < 4.78 is 0. The van der Waals surface area contributed by atoms with Crippen molar-refractivity contribution in [1.82, 2.24) is 4.98 Å². The van der Waals surface area contributed by atoms with E-state index < -0.39 is 0 Å². The molecule has 0 aromatic carbocycles. The molecule has 15 heavy (non-hydrogen) atoms. The van der Waals surface area contributed by atoms with Crippen molar-refractivity contribution in [3.05, 3.63) is 23.0 Å². The second-order valence-corrected chi connectivity index (χ2v) is 4.80. The van der Waals surface area contributed by atoms with Crippen LogP contribution < -0.4 is 4.90 Å².